The summed E-state index contributed by atoms with van der Waals surface area (Å²) in [6.45, 7) is 27.2. The van der Waals surface area contributed by atoms with E-state index in [9.17, 15) is 0 Å². The second kappa shape index (κ2) is 18.3. The predicted octanol–water partition coefficient (Wildman–Crippen LogP) is 14.6. The standard InChI is InChI=1S/C21H25.C20H15.2C4H9.Ti/c1-20(2,3)16-9-10-18-15(12-16)11-14-7-8-17(13-19(14)18)21(4,5)6;1-14-5-4-8-15-9-10-18(13-20(14)15)19-11-16-6-2-3-7-17(16)12-19;2*1-3-4-2;/h7-10,13H,11H2,1-6H3;2-13H,1H3;2*1,3-4H2,2H3;/q4*-1;+4. The second-order valence-corrected chi connectivity index (χ2v) is 15.4. The van der Waals surface area contributed by atoms with E-state index in [1.807, 2.05) is 0 Å². The Hall–Kier alpha value is -3.32. The van der Waals surface area contributed by atoms with Crippen molar-refractivity contribution in [2.75, 3.05) is 0 Å². The summed E-state index contributed by atoms with van der Waals surface area (Å²) in [4.78, 5) is 0. The van der Waals surface area contributed by atoms with Gasteiger partial charge in [0.15, 0.2) is 0 Å². The van der Waals surface area contributed by atoms with E-state index in [1.165, 1.54) is 84.5 Å². The van der Waals surface area contributed by atoms with Crippen LogP contribution in [0.3, 0.4) is 0 Å². The molecule has 7 rings (SSSR count). The molecular formula is C49H58Ti. The van der Waals surface area contributed by atoms with Crippen molar-refractivity contribution in [3.63, 3.8) is 0 Å². The molecule has 0 saturated carbocycles. The molecule has 6 aromatic carbocycles. The zero-order valence-electron chi connectivity index (χ0n) is 32.3. The number of hydrogen-bond acceptors (Lipinski definition) is 0. The van der Waals surface area contributed by atoms with Gasteiger partial charge >= 0.3 is 21.7 Å². The molecule has 6 aromatic rings. The van der Waals surface area contributed by atoms with Gasteiger partial charge in [0.05, 0.1) is 0 Å². The van der Waals surface area contributed by atoms with Gasteiger partial charge in [-0.15, -0.1) is 45.7 Å². The molecular weight excluding hydrogens is 636 g/mol. The van der Waals surface area contributed by atoms with Crippen LogP contribution in [0.4, 0.5) is 0 Å². The molecule has 1 heteroatoms. The van der Waals surface area contributed by atoms with E-state index < -0.39 is 0 Å². The van der Waals surface area contributed by atoms with Crippen molar-refractivity contribution in [1.82, 2.24) is 0 Å². The van der Waals surface area contributed by atoms with Crippen LogP contribution in [-0.2, 0) is 39.0 Å². The Morgan fingerprint density at radius 2 is 1.34 bits per heavy atom. The van der Waals surface area contributed by atoms with Crippen molar-refractivity contribution in [3.05, 3.63) is 151 Å². The summed E-state index contributed by atoms with van der Waals surface area (Å²) in [5.74, 6) is 0. The first-order chi connectivity index (χ1) is 23.3. The van der Waals surface area contributed by atoms with Gasteiger partial charge in [0, 0.05) is 0 Å². The minimum Gasteiger partial charge on any atom is -0.343 e. The fourth-order valence-electron chi connectivity index (χ4n) is 5.93. The van der Waals surface area contributed by atoms with Crippen molar-refractivity contribution in [3.8, 4) is 22.3 Å². The summed E-state index contributed by atoms with van der Waals surface area (Å²) >= 11 is 0. The van der Waals surface area contributed by atoms with Gasteiger partial charge in [0.25, 0.3) is 0 Å². The summed E-state index contributed by atoms with van der Waals surface area (Å²) in [6, 6.07) is 41.5. The quantitative estimate of drug-likeness (QED) is 0.128. The second-order valence-electron chi connectivity index (χ2n) is 15.4. The van der Waals surface area contributed by atoms with E-state index in [0.29, 0.717) is 0 Å². The van der Waals surface area contributed by atoms with Gasteiger partial charge in [0.1, 0.15) is 0 Å². The third-order valence-corrected chi connectivity index (χ3v) is 9.23. The summed E-state index contributed by atoms with van der Waals surface area (Å²) in [6.07, 6.45) is 5.58. The predicted molar refractivity (Wildman–Crippen MR) is 219 cm³/mol. The van der Waals surface area contributed by atoms with E-state index in [2.05, 4.69) is 185 Å². The summed E-state index contributed by atoms with van der Waals surface area (Å²) in [5.41, 5.74) is 12.6. The summed E-state index contributed by atoms with van der Waals surface area (Å²) < 4.78 is 0. The molecule has 0 N–H and O–H groups in total. The Bertz CT molecular complexity index is 1910. The topological polar surface area (TPSA) is 0 Å². The van der Waals surface area contributed by atoms with Gasteiger partial charge in [-0.05, 0) is 46.1 Å². The third-order valence-electron chi connectivity index (χ3n) is 9.23. The SMILES string of the molecule is CC(C)(C)c1[c-]c2c(cc1)-c1cc(C(C)(C)C)ccc1C2.Cc1cccc2ccc(-c3cc4ccccc4[cH-]3)cc12.[CH2-]CCC.[CH2-]CCC.[Ti+4]. The molecule has 258 valence electrons. The molecule has 0 heterocycles. The van der Waals surface area contributed by atoms with E-state index in [4.69, 9.17) is 0 Å². The maximum atomic E-state index is 3.67. The molecule has 0 radical (unpaired) electrons. The van der Waals surface area contributed by atoms with Gasteiger partial charge in [0.2, 0.25) is 0 Å². The zero-order chi connectivity index (χ0) is 35.8. The zero-order valence-corrected chi connectivity index (χ0v) is 33.8. The normalized spacial score (nSPS) is 11.6. The maximum absolute atomic E-state index is 3.67. The van der Waals surface area contributed by atoms with Crippen LogP contribution in [0.25, 0.3) is 43.8 Å². The smallest absolute Gasteiger partial charge is 0.343 e. The maximum Gasteiger partial charge on any atom is 4.00 e. The molecule has 0 atom stereocenters. The number of aryl methyl sites for hydroxylation is 1. The van der Waals surface area contributed by atoms with Crippen LogP contribution < -0.4 is 0 Å². The van der Waals surface area contributed by atoms with Gasteiger partial charge < -0.3 is 13.8 Å². The van der Waals surface area contributed by atoms with Crippen LogP contribution in [-0.4, -0.2) is 0 Å². The first-order valence-electron chi connectivity index (χ1n) is 18.2. The monoisotopic (exact) mass is 694 g/mol. The van der Waals surface area contributed by atoms with Crippen molar-refractivity contribution in [2.45, 2.75) is 105 Å². The molecule has 0 bridgehead atoms. The number of hydrogen-bond donors (Lipinski definition) is 0. The minimum absolute atomic E-state index is 0. The minimum atomic E-state index is 0. The Morgan fingerprint density at radius 1 is 0.680 bits per heavy atom. The first kappa shape index (κ1) is 41.1. The molecule has 0 aromatic heterocycles. The molecule has 1 aliphatic carbocycles. The van der Waals surface area contributed by atoms with Crippen molar-refractivity contribution < 1.29 is 21.7 Å². The Morgan fingerprint density at radius 3 is 1.96 bits per heavy atom. The average Bonchev–Trinajstić information content (AvgIpc) is 3.69. The summed E-state index contributed by atoms with van der Waals surface area (Å²) in [5, 5.41) is 5.28. The fraction of sp³-hybridized carbons (Fsp3) is 0.327. The van der Waals surface area contributed by atoms with E-state index in [-0.39, 0.29) is 32.5 Å². The van der Waals surface area contributed by atoms with Crippen LogP contribution in [0, 0.1) is 26.8 Å². The number of rotatable bonds is 3. The van der Waals surface area contributed by atoms with E-state index in [0.717, 1.165) is 19.3 Å². The number of fused-ring (bicyclic) bond motifs is 5. The number of benzene rings is 5. The van der Waals surface area contributed by atoms with Crippen LogP contribution in [0.2, 0.25) is 0 Å². The molecule has 0 nitrogen and oxygen atoms in total. The largest absolute Gasteiger partial charge is 4.00 e. The Balaban J connectivity index is 0.000000220. The first-order valence-corrected chi connectivity index (χ1v) is 18.2. The molecule has 0 spiro atoms. The van der Waals surface area contributed by atoms with Crippen molar-refractivity contribution in [2.24, 2.45) is 0 Å². The van der Waals surface area contributed by atoms with Gasteiger partial charge in [-0.25, -0.2) is 0 Å². The van der Waals surface area contributed by atoms with Crippen LogP contribution in [0.1, 0.15) is 109 Å². The van der Waals surface area contributed by atoms with E-state index >= 15 is 0 Å². The van der Waals surface area contributed by atoms with Crippen molar-refractivity contribution in [1.29, 1.82) is 0 Å². The van der Waals surface area contributed by atoms with Gasteiger partial charge in [-0.2, -0.15) is 36.6 Å². The Labute approximate surface area is 320 Å². The Kier molecular flexibility index (Phi) is 15.0. The average molecular weight is 695 g/mol. The van der Waals surface area contributed by atoms with Crippen LogP contribution >= 0.6 is 0 Å². The van der Waals surface area contributed by atoms with Crippen LogP contribution in [0.15, 0.2) is 103 Å². The molecule has 50 heavy (non-hydrogen) atoms. The van der Waals surface area contributed by atoms with Crippen LogP contribution in [0.5, 0.6) is 0 Å². The molecule has 0 unspecified atom stereocenters. The molecule has 0 saturated heterocycles. The molecule has 0 fully saturated rings. The molecule has 0 aliphatic heterocycles. The van der Waals surface area contributed by atoms with Crippen molar-refractivity contribution >= 4 is 21.5 Å². The molecule has 1 aliphatic rings. The van der Waals surface area contributed by atoms with E-state index in [1.54, 1.807) is 0 Å². The fourth-order valence-corrected chi connectivity index (χ4v) is 5.93. The summed E-state index contributed by atoms with van der Waals surface area (Å²) in [7, 11) is 0. The third kappa shape index (κ3) is 10.4. The molecule has 0 amide bonds. The van der Waals surface area contributed by atoms with Gasteiger partial charge in [-0.1, -0.05) is 158 Å². The number of unbranched alkanes of at least 4 members (excludes halogenated alkanes) is 2. The van der Waals surface area contributed by atoms with Gasteiger partial charge in [-0.3, -0.25) is 0 Å².